The van der Waals surface area contributed by atoms with Crippen LogP contribution in [0.25, 0.3) is 0 Å². The van der Waals surface area contributed by atoms with E-state index in [1.807, 2.05) is 0 Å². The first-order valence-electron chi connectivity index (χ1n) is 8.51. The summed E-state index contributed by atoms with van der Waals surface area (Å²) in [4.78, 5) is 24.2. The van der Waals surface area contributed by atoms with Crippen molar-refractivity contribution in [2.45, 2.75) is 17.6 Å². The van der Waals surface area contributed by atoms with Gasteiger partial charge in [-0.1, -0.05) is 0 Å². The van der Waals surface area contributed by atoms with E-state index >= 15 is 0 Å². The van der Waals surface area contributed by atoms with Crippen molar-refractivity contribution in [2.75, 3.05) is 32.2 Å². The maximum atomic E-state index is 13.0. The van der Waals surface area contributed by atoms with E-state index < -0.39 is 22.0 Å². The molecule has 1 aromatic heterocycles. The van der Waals surface area contributed by atoms with Crippen LogP contribution in [0.2, 0.25) is 0 Å². The molecule has 1 aromatic carbocycles. The van der Waals surface area contributed by atoms with Crippen molar-refractivity contribution in [3.63, 3.8) is 0 Å². The van der Waals surface area contributed by atoms with Gasteiger partial charge >= 0.3 is 11.9 Å². The molecular formula is C18H19NO8S2. The number of carbonyl (C=O) groups excluding carboxylic acids is 2. The van der Waals surface area contributed by atoms with Crippen LogP contribution in [0.4, 0.5) is 5.69 Å². The number of nitrogens with one attached hydrogen (secondary N) is 1. The van der Waals surface area contributed by atoms with Crippen LogP contribution < -0.4 is 14.2 Å². The topological polar surface area (TPSA) is 117 Å². The Bertz CT molecular complexity index is 1060. The van der Waals surface area contributed by atoms with Crippen molar-refractivity contribution in [1.29, 1.82) is 0 Å². The van der Waals surface area contributed by atoms with Gasteiger partial charge in [0.05, 0.1) is 38.7 Å². The highest BCUT2D eigenvalue weighted by Crippen LogP contribution is 2.36. The van der Waals surface area contributed by atoms with Gasteiger partial charge in [0, 0.05) is 12.5 Å². The number of ether oxygens (including phenoxy) is 4. The zero-order valence-electron chi connectivity index (χ0n) is 15.9. The second kappa shape index (κ2) is 8.29. The van der Waals surface area contributed by atoms with Crippen molar-refractivity contribution in [1.82, 2.24) is 0 Å². The molecule has 9 nitrogen and oxygen atoms in total. The number of methoxy groups -OCH3 is 2. The number of rotatable bonds is 5. The summed E-state index contributed by atoms with van der Waals surface area (Å²) < 4.78 is 48.6. The lowest BCUT2D eigenvalue weighted by Gasteiger charge is -2.11. The predicted molar refractivity (Wildman–Crippen MR) is 105 cm³/mol. The molecule has 0 aliphatic carbocycles. The molecule has 0 unspecified atom stereocenters. The summed E-state index contributed by atoms with van der Waals surface area (Å²) >= 11 is 0.639. The van der Waals surface area contributed by atoms with Gasteiger partial charge in [-0.25, -0.2) is 18.0 Å². The minimum absolute atomic E-state index is 0.00642. The number of hydrogen-bond acceptors (Lipinski definition) is 9. The molecule has 0 spiro atoms. The van der Waals surface area contributed by atoms with Crippen molar-refractivity contribution in [2.24, 2.45) is 0 Å². The van der Waals surface area contributed by atoms with Gasteiger partial charge in [0.1, 0.15) is 4.88 Å². The molecule has 156 valence electrons. The molecule has 0 saturated heterocycles. The Morgan fingerprint density at radius 1 is 1.07 bits per heavy atom. The Morgan fingerprint density at radius 2 is 1.72 bits per heavy atom. The van der Waals surface area contributed by atoms with E-state index in [-0.39, 0.29) is 25.9 Å². The van der Waals surface area contributed by atoms with Gasteiger partial charge in [0.25, 0.3) is 10.0 Å². The third-order valence-electron chi connectivity index (χ3n) is 4.12. The zero-order chi connectivity index (χ0) is 21.2. The lowest BCUT2D eigenvalue weighted by molar-refractivity contribution is 0.0596. The normalized spacial score (nSPS) is 13.3. The lowest BCUT2D eigenvalue weighted by Crippen LogP contribution is -2.16. The fourth-order valence-electron chi connectivity index (χ4n) is 2.73. The third kappa shape index (κ3) is 4.15. The molecular weight excluding hydrogens is 422 g/mol. The maximum Gasteiger partial charge on any atom is 0.348 e. The molecule has 0 bridgehead atoms. The summed E-state index contributed by atoms with van der Waals surface area (Å²) in [7, 11) is -1.91. The Kier molecular flexibility index (Phi) is 5.99. The second-order valence-electron chi connectivity index (χ2n) is 6.02. The molecule has 0 amide bonds. The number of esters is 2. The van der Waals surface area contributed by atoms with Gasteiger partial charge in [0.2, 0.25) is 0 Å². The van der Waals surface area contributed by atoms with Gasteiger partial charge < -0.3 is 18.9 Å². The zero-order valence-corrected chi connectivity index (χ0v) is 17.6. The molecule has 0 saturated carbocycles. The highest BCUT2D eigenvalue weighted by atomic mass is 32.2. The minimum atomic E-state index is -4.21. The molecule has 11 heteroatoms. The first kappa shape index (κ1) is 20.9. The lowest BCUT2D eigenvalue weighted by atomic mass is 10.2. The molecule has 2 heterocycles. The van der Waals surface area contributed by atoms with E-state index in [1.165, 1.54) is 26.2 Å². The number of sulfonamides is 1. The Balaban J connectivity index is 2.02. The van der Waals surface area contributed by atoms with E-state index in [9.17, 15) is 18.0 Å². The number of hydrogen-bond donors (Lipinski definition) is 1. The summed E-state index contributed by atoms with van der Waals surface area (Å²) in [5.41, 5.74) is 0.184. The van der Waals surface area contributed by atoms with E-state index in [2.05, 4.69) is 9.46 Å². The van der Waals surface area contributed by atoms with Gasteiger partial charge in [0.15, 0.2) is 15.7 Å². The van der Waals surface area contributed by atoms with Crippen LogP contribution in [0.3, 0.4) is 0 Å². The second-order valence-corrected chi connectivity index (χ2v) is 8.92. The van der Waals surface area contributed by atoms with Crippen LogP contribution in [-0.2, 0) is 19.5 Å². The highest BCUT2D eigenvalue weighted by Gasteiger charge is 2.33. The Labute approximate surface area is 171 Å². The Hall–Kier alpha value is -2.79. The average molecular weight is 441 g/mol. The van der Waals surface area contributed by atoms with Gasteiger partial charge in [-0.05, 0) is 24.6 Å². The van der Waals surface area contributed by atoms with Gasteiger partial charge in [-0.15, -0.1) is 11.3 Å². The minimum Gasteiger partial charge on any atom is -0.490 e. The number of carbonyl (C=O) groups is 2. The van der Waals surface area contributed by atoms with Crippen LogP contribution in [0.1, 0.15) is 32.0 Å². The number of benzene rings is 1. The first-order chi connectivity index (χ1) is 13.8. The number of fused-ring (bicyclic) bond motifs is 1. The molecule has 3 rings (SSSR count). The fourth-order valence-corrected chi connectivity index (χ4v) is 5.52. The predicted octanol–water partition coefficient (Wildman–Crippen LogP) is 2.59. The molecule has 2 aromatic rings. The third-order valence-corrected chi connectivity index (χ3v) is 7.29. The van der Waals surface area contributed by atoms with Crippen molar-refractivity contribution in [3.05, 3.63) is 34.2 Å². The summed E-state index contributed by atoms with van der Waals surface area (Å²) in [5, 5.41) is 0. The first-order valence-corrected chi connectivity index (χ1v) is 10.8. The molecule has 0 fully saturated rings. The van der Waals surface area contributed by atoms with E-state index in [0.29, 0.717) is 42.5 Å². The molecule has 1 aliphatic heterocycles. The monoisotopic (exact) mass is 441 g/mol. The SMILES string of the molecule is COC(=O)c1sc(S(=O)(=O)Nc2ccc3c(c2)OCCCO3)c(C(=O)OC)c1C. The quantitative estimate of drug-likeness (QED) is 0.704. The molecule has 29 heavy (non-hydrogen) atoms. The van der Waals surface area contributed by atoms with Crippen LogP contribution >= 0.6 is 11.3 Å². The van der Waals surface area contributed by atoms with E-state index in [4.69, 9.17) is 14.2 Å². The highest BCUT2D eigenvalue weighted by molar-refractivity contribution is 7.94. The number of anilines is 1. The Morgan fingerprint density at radius 3 is 2.38 bits per heavy atom. The van der Waals surface area contributed by atoms with Crippen molar-refractivity contribution in [3.8, 4) is 11.5 Å². The smallest absolute Gasteiger partial charge is 0.348 e. The van der Waals surface area contributed by atoms with E-state index in [1.54, 1.807) is 6.07 Å². The van der Waals surface area contributed by atoms with Crippen LogP contribution in [-0.4, -0.2) is 47.8 Å². The maximum absolute atomic E-state index is 13.0. The summed E-state index contributed by atoms with van der Waals surface area (Å²) in [6.45, 7) is 2.41. The largest absolute Gasteiger partial charge is 0.490 e. The summed E-state index contributed by atoms with van der Waals surface area (Å²) in [5.74, 6) is -0.684. The van der Waals surface area contributed by atoms with E-state index in [0.717, 1.165) is 7.11 Å². The number of thiophene rings is 1. The van der Waals surface area contributed by atoms with Gasteiger partial charge in [-0.2, -0.15) is 0 Å². The standard InChI is InChI=1S/C18H19NO8S2/c1-10-14(16(20)24-2)18(28-15(10)17(21)25-3)29(22,23)19-11-5-6-12-13(9-11)27-8-4-7-26-12/h5-6,9,19H,4,7-8H2,1-3H3. The summed E-state index contributed by atoms with van der Waals surface area (Å²) in [6, 6.07) is 4.61. The van der Waals surface area contributed by atoms with Crippen molar-refractivity contribution < 1.29 is 37.0 Å². The molecule has 1 N–H and O–H groups in total. The molecule has 1 aliphatic rings. The van der Waals surface area contributed by atoms with Crippen LogP contribution in [0.15, 0.2) is 22.4 Å². The molecule has 0 radical (unpaired) electrons. The van der Waals surface area contributed by atoms with Crippen LogP contribution in [0, 0.1) is 6.92 Å². The van der Waals surface area contributed by atoms with Crippen molar-refractivity contribution >= 4 is 39.0 Å². The fraction of sp³-hybridized carbons (Fsp3) is 0.333. The van der Waals surface area contributed by atoms with Gasteiger partial charge in [-0.3, -0.25) is 4.72 Å². The molecule has 0 atom stereocenters. The van der Waals surface area contributed by atoms with Crippen LogP contribution in [0.5, 0.6) is 11.5 Å². The summed E-state index contributed by atoms with van der Waals surface area (Å²) in [6.07, 6.45) is 0.711. The average Bonchev–Trinajstić information content (AvgIpc) is 2.89.